The van der Waals surface area contributed by atoms with Crippen molar-refractivity contribution in [3.63, 3.8) is 0 Å². The van der Waals surface area contributed by atoms with E-state index in [4.69, 9.17) is 25.8 Å². The van der Waals surface area contributed by atoms with Gasteiger partial charge in [-0.2, -0.15) is 0 Å². The second kappa shape index (κ2) is 10.9. The molecule has 2 aromatic rings. The molecule has 4 rings (SSSR count). The minimum atomic E-state index is -0.962. The van der Waals surface area contributed by atoms with Crippen molar-refractivity contribution in [3.05, 3.63) is 63.3 Å². The molecular formula is C26H31ClN2O5S. The molecule has 2 aliphatic rings. The van der Waals surface area contributed by atoms with Gasteiger partial charge < -0.3 is 29.5 Å². The molecular weight excluding hydrogens is 488 g/mol. The van der Waals surface area contributed by atoms with E-state index in [-0.39, 0.29) is 12.5 Å². The van der Waals surface area contributed by atoms with Crippen molar-refractivity contribution in [1.29, 1.82) is 0 Å². The summed E-state index contributed by atoms with van der Waals surface area (Å²) in [5.74, 6) is 1.73. The molecule has 7 nitrogen and oxygen atoms in total. The van der Waals surface area contributed by atoms with Crippen LogP contribution in [0, 0.1) is 0 Å². The number of rotatable bonds is 11. The van der Waals surface area contributed by atoms with E-state index in [9.17, 15) is 9.90 Å². The minimum Gasteiger partial charge on any atom is -0.497 e. The van der Waals surface area contributed by atoms with Gasteiger partial charge in [0.1, 0.15) is 16.4 Å². The lowest BCUT2D eigenvalue weighted by Crippen LogP contribution is -2.52. The zero-order chi connectivity index (χ0) is 25.0. The molecule has 2 N–H and O–H groups in total. The van der Waals surface area contributed by atoms with Gasteiger partial charge in [-0.1, -0.05) is 44.0 Å². The maximum absolute atomic E-state index is 12.4. The Morgan fingerprint density at radius 2 is 1.94 bits per heavy atom. The van der Waals surface area contributed by atoms with Crippen LogP contribution in [0.25, 0.3) is 0 Å². The summed E-state index contributed by atoms with van der Waals surface area (Å²) < 4.78 is 16.3. The van der Waals surface area contributed by atoms with E-state index in [0.717, 1.165) is 42.6 Å². The molecule has 1 atom stereocenters. The van der Waals surface area contributed by atoms with E-state index in [2.05, 4.69) is 24.1 Å². The quantitative estimate of drug-likeness (QED) is 0.377. The van der Waals surface area contributed by atoms with E-state index in [1.165, 1.54) is 11.8 Å². The Kier molecular flexibility index (Phi) is 7.91. The molecule has 9 heteroatoms. The smallest absolute Gasteiger partial charge is 0.354 e. The molecule has 2 heterocycles. The summed E-state index contributed by atoms with van der Waals surface area (Å²) in [4.78, 5) is 14.5. The molecule has 1 unspecified atom stereocenters. The Hall–Kier alpha value is -2.71. The lowest BCUT2D eigenvalue weighted by molar-refractivity contribution is -0.133. The van der Waals surface area contributed by atoms with Crippen LogP contribution in [-0.2, 0) is 17.1 Å². The van der Waals surface area contributed by atoms with E-state index < -0.39 is 11.6 Å². The average molecular weight is 519 g/mol. The van der Waals surface area contributed by atoms with Gasteiger partial charge in [-0.25, -0.2) is 4.79 Å². The first-order valence-corrected chi connectivity index (χ1v) is 13.1. The Morgan fingerprint density at radius 1 is 1.23 bits per heavy atom. The van der Waals surface area contributed by atoms with Crippen LogP contribution in [0.5, 0.6) is 17.2 Å². The first kappa shape index (κ1) is 25.4. The standard InChI is InChI=1S/C26H31ClN2O5S/c1-4-6-11-26(5-2)28-23(25(30)31)24(35-15-17-7-9-19(32-3)10-8-17)29(26)14-18-12-21-22(13-20(18)27)34-16-33-21/h7-10,12-13,28H,4-6,11,14-16H2,1-3H3,(H,30,31). The normalized spacial score (nSPS) is 18.7. The van der Waals surface area contributed by atoms with Crippen molar-refractivity contribution >= 4 is 29.3 Å². The van der Waals surface area contributed by atoms with Crippen LogP contribution in [0.1, 0.15) is 50.7 Å². The number of carboxylic acid groups (broad SMARTS) is 1. The minimum absolute atomic E-state index is 0.168. The van der Waals surface area contributed by atoms with Crippen LogP contribution in [-0.4, -0.2) is 35.5 Å². The number of aliphatic carboxylic acids is 1. The summed E-state index contributed by atoms with van der Waals surface area (Å²) in [6.45, 7) is 4.85. The van der Waals surface area contributed by atoms with Crippen molar-refractivity contribution in [1.82, 2.24) is 10.2 Å². The predicted molar refractivity (Wildman–Crippen MR) is 138 cm³/mol. The lowest BCUT2D eigenvalue weighted by atomic mass is 9.97. The number of nitrogens with one attached hydrogen (secondary N) is 1. The fraction of sp³-hybridized carbons (Fsp3) is 0.423. The number of halogens is 1. The van der Waals surface area contributed by atoms with Crippen molar-refractivity contribution in [3.8, 4) is 17.2 Å². The number of thioether (sulfide) groups is 1. The van der Waals surface area contributed by atoms with E-state index in [0.29, 0.717) is 33.8 Å². The molecule has 0 aromatic heterocycles. The number of methoxy groups -OCH3 is 1. The topological polar surface area (TPSA) is 80.3 Å². The maximum Gasteiger partial charge on any atom is 0.354 e. The van der Waals surface area contributed by atoms with Crippen LogP contribution in [0.2, 0.25) is 5.02 Å². The van der Waals surface area contributed by atoms with Crippen LogP contribution in [0.3, 0.4) is 0 Å². The molecule has 0 amide bonds. The van der Waals surface area contributed by atoms with Gasteiger partial charge >= 0.3 is 5.97 Å². The van der Waals surface area contributed by atoms with E-state index >= 15 is 0 Å². The summed E-state index contributed by atoms with van der Waals surface area (Å²) in [6.07, 6.45) is 3.53. The summed E-state index contributed by atoms with van der Waals surface area (Å²) in [5.41, 5.74) is 1.65. The highest BCUT2D eigenvalue weighted by molar-refractivity contribution is 8.02. The molecule has 0 radical (unpaired) electrons. The number of hydrogen-bond donors (Lipinski definition) is 2. The SMILES string of the molecule is CCCCC1(CC)NC(C(=O)O)=C(SCc2ccc(OC)cc2)N1Cc1cc2c(cc1Cl)OCO2. The Bertz CT molecular complexity index is 1110. The summed E-state index contributed by atoms with van der Waals surface area (Å²) >= 11 is 8.16. The van der Waals surface area contributed by atoms with Gasteiger partial charge in [0.2, 0.25) is 6.79 Å². The molecule has 0 saturated heterocycles. The second-order valence-corrected chi connectivity index (χ2v) is 9.99. The third-order valence-electron chi connectivity index (χ3n) is 6.48. The van der Waals surface area contributed by atoms with Crippen molar-refractivity contribution in [2.24, 2.45) is 0 Å². The zero-order valence-electron chi connectivity index (χ0n) is 20.2. The molecule has 0 aliphatic carbocycles. The first-order chi connectivity index (χ1) is 16.9. The van der Waals surface area contributed by atoms with Gasteiger partial charge in [0.05, 0.1) is 7.11 Å². The third kappa shape index (κ3) is 5.28. The van der Waals surface area contributed by atoms with E-state index in [1.807, 2.05) is 30.3 Å². The monoisotopic (exact) mass is 518 g/mol. The number of carbonyl (C=O) groups is 1. The predicted octanol–water partition coefficient (Wildman–Crippen LogP) is 5.97. The highest BCUT2D eigenvalue weighted by atomic mass is 35.5. The van der Waals surface area contributed by atoms with Crippen LogP contribution >= 0.6 is 23.4 Å². The van der Waals surface area contributed by atoms with Gasteiger partial charge in [-0.15, -0.1) is 11.8 Å². The molecule has 0 fully saturated rings. The molecule has 35 heavy (non-hydrogen) atoms. The van der Waals surface area contributed by atoms with Crippen LogP contribution in [0.15, 0.2) is 47.1 Å². The molecule has 0 bridgehead atoms. The van der Waals surface area contributed by atoms with Gasteiger partial charge in [-0.05, 0) is 48.6 Å². The van der Waals surface area contributed by atoms with Gasteiger partial charge in [0.25, 0.3) is 0 Å². The van der Waals surface area contributed by atoms with Gasteiger partial charge in [0.15, 0.2) is 17.2 Å². The number of nitrogens with zero attached hydrogens (tertiary/aromatic N) is 1. The van der Waals surface area contributed by atoms with Crippen LogP contribution in [0.4, 0.5) is 0 Å². The van der Waals surface area contributed by atoms with Crippen LogP contribution < -0.4 is 19.5 Å². The number of hydrogen-bond acceptors (Lipinski definition) is 7. The zero-order valence-corrected chi connectivity index (χ0v) is 21.8. The summed E-state index contributed by atoms with van der Waals surface area (Å²) in [6, 6.07) is 11.5. The molecule has 0 saturated carbocycles. The highest BCUT2D eigenvalue weighted by Gasteiger charge is 2.45. The first-order valence-electron chi connectivity index (χ1n) is 11.8. The summed E-state index contributed by atoms with van der Waals surface area (Å²) in [5, 5.41) is 14.8. The maximum atomic E-state index is 12.4. The highest BCUT2D eigenvalue weighted by Crippen LogP contribution is 2.44. The second-order valence-electron chi connectivity index (χ2n) is 8.62. The van der Waals surface area contributed by atoms with Gasteiger partial charge in [0, 0.05) is 23.4 Å². The van der Waals surface area contributed by atoms with Crippen molar-refractivity contribution in [2.45, 2.75) is 57.5 Å². The molecule has 2 aromatic carbocycles. The molecule has 0 spiro atoms. The molecule has 2 aliphatic heterocycles. The number of carboxylic acids is 1. The number of fused-ring (bicyclic) bond motifs is 1. The van der Waals surface area contributed by atoms with Crippen molar-refractivity contribution < 1.29 is 24.1 Å². The third-order valence-corrected chi connectivity index (χ3v) is 8.01. The van der Waals surface area contributed by atoms with Crippen molar-refractivity contribution in [2.75, 3.05) is 13.9 Å². The lowest BCUT2D eigenvalue weighted by Gasteiger charge is -2.41. The largest absolute Gasteiger partial charge is 0.497 e. The van der Waals surface area contributed by atoms with E-state index in [1.54, 1.807) is 13.2 Å². The number of ether oxygens (including phenoxy) is 3. The Labute approximate surface area is 215 Å². The molecule has 188 valence electrons. The fourth-order valence-electron chi connectivity index (χ4n) is 4.45. The van der Waals surface area contributed by atoms with Gasteiger partial charge in [-0.3, -0.25) is 0 Å². The number of benzene rings is 2. The Morgan fingerprint density at radius 3 is 2.57 bits per heavy atom. The average Bonchev–Trinajstić information content (AvgIpc) is 3.44. The number of unbranched alkanes of at least 4 members (excludes halogenated alkanes) is 1. The summed E-state index contributed by atoms with van der Waals surface area (Å²) in [7, 11) is 1.64. The Balaban J connectivity index is 1.69. The fourth-order valence-corrected chi connectivity index (χ4v) is 5.84.